The van der Waals surface area contributed by atoms with E-state index in [2.05, 4.69) is 5.32 Å². The second-order valence-electron chi connectivity index (χ2n) is 5.87. The molecule has 2 aromatic carbocycles. The van der Waals surface area contributed by atoms with Gasteiger partial charge in [-0.1, -0.05) is 6.07 Å². The Bertz CT molecular complexity index is 973. The van der Waals surface area contributed by atoms with Crippen LogP contribution >= 0.6 is 0 Å². The number of carbonyl (C=O) groups excluding carboxylic acids is 1. The fourth-order valence-electron chi connectivity index (χ4n) is 2.52. The number of aryl methyl sites for hydroxylation is 1. The van der Waals surface area contributed by atoms with Crippen LogP contribution in [-0.2, 0) is 14.8 Å². The SMILES string of the molecule is CCNC(=O)CN(c1ccc(OC)cc1)S(=O)(=O)c1ccc(C)c([N+](=O)[O-])c1. The molecule has 0 aromatic heterocycles. The van der Waals surface area contributed by atoms with Gasteiger partial charge in [-0.05, 0) is 44.2 Å². The minimum absolute atomic E-state index is 0.232. The van der Waals surface area contributed by atoms with Crippen LogP contribution in [0.15, 0.2) is 47.4 Å². The molecule has 10 heteroatoms. The molecule has 0 aliphatic carbocycles. The van der Waals surface area contributed by atoms with Crippen molar-refractivity contribution in [2.45, 2.75) is 18.7 Å². The number of likely N-dealkylation sites (N-methyl/N-ethyl adjacent to an activating group) is 1. The molecule has 1 amide bonds. The normalized spacial score (nSPS) is 11.0. The average Bonchev–Trinajstić information content (AvgIpc) is 2.66. The summed E-state index contributed by atoms with van der Waals surface area (Å²) in [6.45, 7) is 3.10. The van der Waals surface area contributed by atoms with Crippen LogP contribution < -0.4 is 14.4 Å². The second-order valence-corrected chi connectivity index (χ2v) is 7.73. The Morgan fingerprint density at radius 3 is 2.39 bits per heavy atom. The largest absolute Gasteiger partial charge is 0.497 e. The zero-order chi connectivity index (χ0) is 20.9. The first-order chi connectivity index (χ1) is 13.2. The Kier molecular flexibility index (Phi) is 6.57. The summed E-state index contributed by atoms with van der Waals surface area (Å²) in [4.78, 5) is 22.4. The minimum Gasteiger partial charge on any atom is -0.497 e. The van der Waals surface area contributed by atoms with Crippen molar-refractivity contribution in [2.24, 2.45) is 0 Å². The van der Waals surface area contributed by atoms with E-state index in [1.165, 1.54) is 38.3 Å². The van der Waals surface area contributed by atoms with Gasteiger partial charge in [-0.15, -0.1) is 0 Å². The van der Waals surface area contributed by atoms with Crippen molar-refractivity contribution >= 4 is 27.3 Å². The van der Waals surface area contributed by atoms with E-state index in [4.69, 9.17) is 4.74 Å². The lowest BCUT2D eigenvalue weighted by molar-refractivity contribution is -0.385. The monoisotopic (exact) mass is 407 g/mol. The van der Waals surface area contributed by atoms with Crippen molar-refractivity contribution in [1.82, 2.24) is 5.32 Å². The van der Waals surface area contributed by atoms with E-state index in [0.29, 0.717) is 17.9 Å². The number of nitrogens with one attached hydrogen (secondary N) is 1. The zero-order valence-electron chi connectivity index (χ0n) is 15.7. The fraction of sp³-hybridized carbons (Fsp3) is 0.278. The zero-order valence-corrected chi connectivity index (χ0v) is 16.5. The standard InChI is InChI=1S/C18H21N3O6S/c1-4-19-18(22)12-20(14-6-8-15(27-3)9-7-14)28(25,26)16-10-5-13(2)17(11-16)21(23)24/h5-11H,4,12H2,1-3H3,(H,19,22). The number of amides is 1. The van der Waals surface area contributed by atoms with Gasteiger partial charge in [0.15, 0.2) is 0 Å². The topological polar surface area (TPSA) is 119 Å². The molecule has 0 saturated carbocycles. The number of nitro groups is 1. The van der Waals surface area contributed by atoms with Crippen LogP contribution in [0.3, 0.4) is 0 Å². The first-order valence-electron chi connectivity index (χ1n) is 8.39. The summed E-state index contributed by atoms with van der Waals surface area (Å²) < 4.78 is 32.4. The van der Waals surface area contributed by atoms with Crippen LogP contribution in [0.1, 0.15) is 12.5 Å². The molecule has 0 aliphatic heterocycles. The Morgan fingerprint density at radius 1 is 1.21 bits per heavy atom. The molecule has 0 radical (unpaired) electrons. The molecule has 0 bridgehead atoms. The first-order valence-corrected chi connectivity index (χ1v) is 9.83. The highest BCUT2D eigenvalue weighted by atomic mass is 32.2. The molecule has 0 aliphatic rings. The van der Waals surface area contributed by atoms with Gasteiger partial charge in [0.25, 0.3) is 15.7 Å². The van der Waals surface area contributed by atoms with E-state index in [0.717, 1.165) is 10.4 Å². The van der Waals surface area contributed by atoms with E-state index in [1.54, 1.807) is 19.1 Å². The van der Waals surface area contributed by atoms with Crippen molar-refractivity contribution in [3.63, 3.8) is 0 Å². The fourth-order valence-corrected chi connectivity index (χ4v) is 3.96. The predicted molar refractivity (Wildman–Crippen MR) is 104 cm³/mol. The maximum atomic E-state index is 13.2. The third-order valence-electron chi connectivity index (χ3n) is 3.99. The maximum absolute atomic E-state index is 13.2. The number of rotatable bonds is 8. The number of carbonyl (C=O) groups is 1. The molecule has 0 heterocycles. The van der Waals surface area contributed by atoms with Crippen molar-refractivity contribution < 1.29 is 22.9 Å². The number of sulfonamides is 1. The van der Waals surface area contributed by atoms with Gasteiger partial charge in [-0.3, -0.25) is 19.2 Å². The Hall–Kier alpha value is -3.14. The molecule has 0 atom stereocenters. The van der Waals surface area contributed by atoms with E-state index in [-0.39, 0.29) is 16.3 Å². The highest BCUT2D eigenvalue weighted by Gasteiger charge is 2.29. The molecule has 9 nitrogen and oxygen atoms in total. The molecule has 2 rings (SSSR count). The summed E-state index contributed by atoms with van der Waals surface area (Å²) in [7, 11) is -2.76. The summed E-state index contributed by atoms with van der Waals surface area (Å²) in [6, 6.07) is 9.77. The summed E-state index contributed by atoms with van der Waals surface area (Å²) >= 11 is 0. The Balaban J connectivity index is 2.55. The summed E-state index contributed by atoms with van der Waals surface area (Å²) in [6.07, 6.45) is 0. The van der Waals surface area contributed by atoms with Gasteiger partial charge in [0.2, 0.25) is 5.91 Å². The molecular formula is C18H21N3O6S. The number of ether oxygens (including phenoxy) is 1. The second kappa shape index (κ2) is 8.70. The molecule has 0 spiro atoms. The smallest absolute Gasteiger partial charge is 0.273 e. The van der Waals surface area contributed by atoms with Gasteiger partial charge in [0, 0.05) is 18.2 Å². The molecule has 0 fully saturated rings. The van der Waals surface area contributed by atoms with Crippen LogP contribution in [0.5, 0.6) is 5.75 Å². The van der Waals surface area contributed by atoms with Gasteiger partial charge in [-0.25, -0.2) is 8.42 Å². The molecule has 2 aromatic rings. The predicted octanol–water partition coefficient (Wildman–Crippen LogP) is 2.24. The number of nitro benzene ring substituents is 1. The third-order valence-corrected chi connectivity index (χ3v) is 5.76. The van der Waals surface area contributed by atoms with Crippen LogP contribution in [0.4, 0.5) is 11.4 Å². The highest BCUT2D eigenvalue weighted by Crippen LogP contribution is 2.28. The van der Waals surface area contributed by atoms with Crippen LogP contribution in [0.25, 0.3) is 0 Å². The third kappa shape index (κ3) is 4.58. The number of hydrogen-bond acceptors (Lipinski definition) is 6. The maximum Gasteiger partial charge on any atom is 0.273 e. The summed E-state index contributed by atoms with van der Waals surface area (Å²) in [5, 5.41) is 13.7. The molecular weight excluding hydrogens is 386 g/mol. The average molecular weight is 407 g/mol. The minimum atomic E-state index is -4.23. The van der Waals surface area contributed by atoms with Gasteiger partial charge < -0.3 is 10.1 Å². The van der Waals surface area contributed by atoms with Crippen molar-refractivity contribution in [2.75, 3.05) is 24.5 Å². The first kappa shape index (κ1) is 21.2. The molecule has 28 heavy (non-hydrogen) atoms. The lowest BCUT2D eigenvalue weighted by Crippen LogP contribution is -2.40. The quantitative estimate of drug-likeness (QED) is 0.529. The Morgan fingerprint density at radius 2 is 1.86 bits per heavy atom. The van der Waals surface area contributed by atoms with Gasteiger partial charge >= 0.3 is 0 Å². The van der Waals surface area contributed by atoms with Gasteiger partial charge in [-0.2, -0.15) is 0 Å². The van der Waals surface area contributed by atoms with Crippen LogP contribution in [-0.4, -0.2) is 39.4 Å². The lowest BCUT2D eigenvalue weighted by atomic mass is 10.2. The summed E-state index contributed by atoms with van der Waals surface area (Å²) in [5.74, 6) is 0.0218. The highest BCUT2D eigenvalue weighted by molar-refractivity contribution is 7.92. The van der Waals surface area contributed by atoms with Crippen molar-refractivity contribution in [3.05, 3.63) is 58.1 Å². The molecule has 150 valence electrons. The molecule has 1 N–H and O–H groups in total. The number of benzene rings is 2. The van der Waals surface area contributed by atoms with Gasteiger partial charge in [0.1, 0.15) is 12.3 Å². The number of methoxy groups -OCH3 is 1. The lowest BCUT2D eigenvalue weighted by Gasteiger charge is -2.24. The van der Waals surface area contributed by atoms with Crippen LogP contribution in [0.2, 0.25) is 0 Å². The Labute approximate surface area is 163 Å². The number of anilines is 1. The van der Waals surface area contributed by atoms with E-state index in [1.807, 2.05) is 0 Å². The van der Waals surface area contributed by atoms with E-state index >= 15 is 0 Å². The summed E-state index contributed by atoms with van der Waals surface area (Å²) in [5.41, 5.74) is 0.257. The number of hydrogen-bond donors (Lipinski definition) is 1. The van der Waals surface area contributed by atoms with E-state index < -0.39 is 27.4 Å². The molecule has 0 saturated heterocycles. The van der Waals surface area contributed by atoms with E-state index in [9.17, 15) is 23.3 Å². The van der Waals surface area contributed by atoms with Gasteiger partial charge in [0.05, 0.1) is 22.6 Å². The van der Waals surface area contributed by atoms with Crippen molar-refractivity contribution in [1.29, 1.82) is 0 Å². The number of nitrogens with zero attached hydrogens (tertiary/aromatic N) is 2. The van der Waals surface area contributed by atoms with Crippen molar-refractivity contribution in [3.8, 4) is 5.75 Å². The van der Waals surface area contributed by atoms with Crippen LogP contribution in [0, 0.1) is 17.0 Å². The molecule has 0 unspecified atom stereocenters.